The van der Waals surface area contributed by atoms with Crippen LogP contribution in [0.2, 0.25) is 0 Å². The van der Waals surface area contributed by atoms with Gasteiger partial charge in [-0.3, -0.25) is 0 Å². The van der Waals surface area contributed by atoms with E-state index in [1.54, 1.807) is 26.2 Å². The number of ether oxygens (including phenoxy) is 3. The Morgan fingerprint density at radius 1 is 1.27 bits per heavy atom. The fourth-order valence-electron chi connectivity index (χ4n) is 2.04. The fraction of sp³-hybridized carbons (Fsp3) is 0.412. The Hall–Kier alpha value is -2.32. The average Bonchev–Trinajstić information content (AvgIpc) is 2.51. The number of nitrogens with zero attached hydrogens (tertiary/aromatic N) is 1. The van der Waals surface area contributed by atoms with E-state index in [0.717, 1.165) is 5.56 Å². The number of benzene rings is 1. The molecule has 0 aliphatic heterocycles. The van der Waals surface area contributed by atoms with Gasteiger partial charge < -0.3 is 14.2 Å². The van der Waals surface area contributed by atoms with Crippen LogP contribution in [0.1, 0.15) is 26.3 Å². The van der Waals surface area contributed by atoms with Gasteiger partial charge in [-0.05, 0) is 36.1 Å². The van der Waals surface area contributed by atoms with Gasteiger partial charge in [0.15, 0.2) is 6.79 Å². The number of rotatable bonds is 7. The second kappa shape index (κ2) is 8.85. The third-order valence-corrected chi connectivity index (χ3v) is 2.95. The topological polar surface area (TPSA) is 68.6 Å². The second-order valence-electron chi connectivity index (χ2n) is 4.85. The zero-order chi connectivity index (χ0) is 16.5. The monoisotopic (exact) mass is 303 g/mol. The van der Waals surface area contributed by atoms with Crippen molar-refractivity contribution in [2.45, 2.75) is 20.8 Å². The van der Waals surface area contributed by atoms with E-state index in [2.05, 4.69) is 0 Å². The highest BCUT2D eigenvalue weighted by molar-refractivity contribution is 6.02. The molecule has 0 aromatic heterocycles. The highest BCUT2D eigenvalue weighted by atomic mass is 16.7. The zero-order valence-corrected chi connectivity index (χ0v) is 13.4. The third-order valence-electron chi connectivity index (χ3n) is 2.95. The summed E-state index contributed by atoms with van der Waals surface area (Å²) in [5.74, 6) is 0.0709. The minimum absolute atomic E-state index is 0.00444. The van der Waals surface area contributed by atoms with Gasteiger partial charge in [0.25, 0.3) is 0 Å². The van der Waals surface area contributed by atoms with Crippen molar-refractivity contribution in [2.24, 2.45) is 5.92 Å². The van der Waals surface area contributed by atoms with Crippen LogP contribution in [0, 0.1) is 17.2 Å². The molecule has 0 aliphatic rings. The van der Waals surface area contributed by atoms with Crippen LogP contribution in [0.15, 0.2) is 29.8 Å². The van der Waals surface area contributed by atoms with Gasteiger partial charge in [0.05, 0.1) is 6.61 Å². The smallest absolute Gasteiger partial charge is 0.349 e. The molecule has 0 N–H and O–H groups in total. The number of methoxy groups -OCH3 is 1. The summed E-state index contributed by atoms with van der Waals surface area (Å²) in [6, 6.07) is 9.15. The SMILES string of the molecule is CCOC(=O)C(C#N)=C(c1ccc(OCOC)cc1)C(C)C. The summed E-state index contributed by atoms with van der Waals surface area (Å²) in [6.45, 7) is 5.98. The normalized spacial score (nSPS) is 11.6. The summed E-state index contributed by atoms with van der Waals surface area (Å²) in [5, 5.41) is 9.32. The maximum absolute atomic E-state index is 12.0. The van der Waals surface area contributed by atoms with Crippen LogP contribution in [0.5, 0.6) is 5.75 Å². The molecule has 0 radical (unpaired) electrons. The number of carbonyl (C=O) groups excluding carboxylic acids is 1. The number of esters is 1. The summed E-state index contributed by atoms with van der Waals surface area (Å²) in [6.07, 6.45) is 0. The van der Waals surface area contributed by atoms with Crippen molar-refractivity contribution in [2.75, 3.05) is 20.5 Å². The Morgan fingerprint density at radius 3 is 2.36 bits per heavy atom. The zero-order valence-electron chi connectivity index (χ0n) is 13.4. The molecule has 1 aromatic rings. The predicted octanol–water partition coefficient (Wildman–Crippen LogP) is 3.17. The fourth-order valence-corrected chi connectivity index (χ4v) is 2.04. The van der Waals surface area contributed by atoms with Crippen LogP contribution >= 0.6 is 0 Å². The molecule has 0 fully saturated rings. The van der Waals surface area contributed by atoms with Crippen molar-refractivity contribution >= 4 is 11.5 Å². The standard InChI is InChI=1S/C17H21NO4/c1-5-21-17(19)15(10-18)16(12(2)3)13-6-8-14(9-7-13)22-11-20-4/h6-9,12H,5,11H2,1-4H3. The first-order chi connectivity index (χ1) is 10.5. The molecule has 0 amide bonds. The van der Waals surface area contributed by atoms with Crippen molar-refractivity contribution in [3.05, 3.63) is 35.4 Å². The quantitative estimate of drug-likeness (QED) is 0.335. The van der Waals surface area contributed by atoms with Gasteiger partial charge in [-0.15, -0.1) is 0 Å². The minimum Gasteiger partial charge on any atom is -0.468 e. The molecule has 5 nitrogen and oxygen atoms in total. The van der Waals surface area contributed by atoms with Crippen LogP contribution < -0.4 is 4.74 Å². The predicted molar refractivity (Wildman–Crippen MR) is 83.0 cm³/mol. The van der Waals surface area contributed by atoms with Crippen molar-refractivity contribution in [3.8, 4) is 11.8 Å². The molecule has 0 atom stereocenters. The Bertz CT molecular complexity index is 567. The molecule has 5 heteroatoms. The molecular weight excluding hydrogens is 282 g/mol. The van der Waals surface area contributed by atoms with Crippen molar-refractivity contribution in [1.29, 1.82) is 5.26 Å². The number of hydrogen-bond acceptors (Lipinski definition) is 5. The maximum Gasteiger partial charge on any atom is 0.349 e. The van der Waals surface area contributed by atoms with E-state index in [4.69, 9.17) is 14.2 Å². The largest absolute Gasteiger partial charge is 0.468 e. The molecule has 0 heterocycles. The molecule has 1 aromatic carbocycles. The summed E-state index contributed by atoms with van der Waals surface area (Å²) in [5.41, 5.74) is 1.51. The van der Waals surface area contributed by atoms with Gasteiger partial charge in [0, 0.05) is 7.11 Å². The maximum atomic E-state index is 12.0. The lowest BCUT2D eigenvalue weighted by atomic mass is 9.91. The molecule has 0 bridgehead atoms. The summed E-state index contributed by atoms with van der Waals surface area (Å²) in [4.78, 5) is 12.0. The number of allylic oxidation sites excluding steroid dienone is 1. The van der Waals surface area contributed by atoms with Crippen LogP contribution in [0.3, 0.4) is 0 Å². The molecular formula is C17H21NO4. The Balaban J connectivity index is 3.19. The highest BCUT2D eigenvalue weighted by Crippen LogP contribution is 2.28. The summed E-state index contributed by atoms with van der Waals surface area (Å²) < 4.78 is 15.1. The van der Waals surface area contributed by atoms with Crippen LogP contribution in [0.25, 0.3) is 5.57 Å². The first kappa shape index (κ1) is 17.7. The van der Waals surface area contributed by atoms with Crippen LogP contribution in [-0.2, 0) is 14.3 Å². The minimum atomic E-state index is -0.589. The lowest BCUT2D eigenvalue weighted by Crippen LogP contribution is -2.11. The molecule has 0 unspecified atom stereocenters. The third kappa shape index (κ3) is 4.61. The van der Waals surface area contributed by atoms with E-state index in [-0.39, 0.29) is 24.9 Å². The Labute approximate surface area is 131 Å². The van der Waals surface area contributed by atoms with E-state index in [1.807, 2.05) is 32.0 Å². The second-order valence-corrected chi connectivity index (χ2v) is 4.85. The molecule has 0 saturated heterocycles. The van der Waals surface area contributed by atoms with E-state index < -0.39 is 5.97 Å². The molecule has 0 saturated carbocycles. The van der Waals surface area contributed by atoms with Gasteiger partial charge in [-0.2, -0.15) is 5.26 Å². The summed E-state index contributed by atoms with van der Waals surface area (Å²) >= 11 is 0. The Kier molecular flexibility index (Phi) is 7.14. The highest BCUT2D eigenvalue weighted by Gasteiger charge is 2.20. The van der Waals surface area contributed by atoms with Crippen LogP contribution in [-0.4, -0.2) is 26.5 Å². The molecule has 118 valence electrons. The lowest BCUT2D eigenvalue weighted by molar-refractivity contribution is -0.137. The number of nitriles is 1. The average molecular weight is 303 g/mol. The van der Waals surface area contributed by atoms with E-state index >= 15 is 0 Å². The first-order valence-electron chi connectivity index (χ1n) is 7.08. The van der Waals surface area contributed by atoms with Gasteiger partial charge in [-0.1, -0.05) is 26.0 Å². The van der Waals surface area contributed by atoms with Crippen LogP contribution in [0.4, 0.5) is 0 Å². The van der Waals surface area contributed by atoms with Gasteiger partial charge in [0.2, 0.25) is 0 Å². The molecule has 1 rings (SSSR count). The molecule has 0 aliphatic carbocycles. The molecule has 22 heavy (non-hydrogen) atoms. The van der Waals surface area contributed by atoms with E-state index in [9.17, 15) is 10.1 Å². The molecule has 0 spiro atoms. The summed E-state index contributed by atoms with van der Waals surface area (Å²) in [7, 11) is 1.55. The van der Waals surface area contributed by atoms with Crippen molar-refractivity contribution in [3.63, 3.8) is 0 Å². The van der Waals surface area contributed by atoms with Crippen molar-refractivity contribution < 1.29 is 19.0 Å². The van der Waals surface area contributed by atoms with Crippen molar-refractivity contribution in [1.82, 2.24) is 0 Å². The first-order valence-corrected chi connectivity index (χ1v) is 7.08. The number of carbonyl (C=O) groups is 1. The van der Waals surface area contributed by atoms with Gasteiger partial charge >= 0.3 is 5.97 Å². The van der Waals surface area contributed by atoms with E-state index in [1.165, 1.54) is 0 Å². The number of hydrogen-bond donors (Lipinski definition) is 0. The van der Waals surface area contributed by atoms with E-state index in [0.29, 0.717) is 11.3 Å². The lowest BCUT2D eigenvalue weighted by Gasteiger charge is -2.15. The van der Waals surface area contributed by atoms with Gasteiger partial charge in [-0.25, -0.2) is 4.79 Å². The Morgan fingerprint density at radius 2 is 1.91 bits per heavy atom. The van der Waals surface area contributed by atoms with Gasteiger partial charge in [0.1, 0.15) is 17.4 Å².